The molecule has 40 heavy (non-hydrogen) atoms. The molecule has 0 fully saturated rings. The van der Waals surface area contributed by atoms with Gasteiger partial charge in [-0.1, -0.05) is 56.1 Å². The number of fused-ring (bicyclic) bond motifs is 1. The lowest BCUT2D eigenvalue weighted by Crippen LogP contribution is -2.26. The Hall–Kier alpha value is -4.78. The molecule has 0 spiro atoms. The zero-order chi connectivity index (χ0) is 29.1. The van der Waals surface area contributed by atoms with Crippen LogP contribution in [-0.2, 0) is 30.3 Å². The van der Waals surface area contributed by atoms with E-state index in [1.807, 2.05) is 6.07 Å². The minimum absolute atomic E-state index is 0.207. The molecule has 0 aliphatic heterocycles. The van der Waals surface area contributed by atoms with E-state index >= 15 is 4.39 Å². The molecule has 0 radical (unpaired) electrons. The fourth-order valence-corrected chi connectivity index (χ4v) is 4.27. The van der Waals surface area contributed by atoms with Gasteiger partial charge in [-0.25, -0.2) is 18.8 Å². The first kappa shape index (κ1) is 28.2. The summed E-state index contributed by atoms with van der Waals surface area (Å²) >= 11 is 0. The zero-order valence-corrected chi connectivity index (χ0v) is 22.6. The second-order valence-corrected chi connectivity index (χ2v) is 9.84. The third-order valence-corrected chi connectivity index (χ3v) is 6.43. The van der Waals surface area contributed by atoms with Gasteiger partial charge in [0.25, 0.3) is 0 Å². The van der Waals surface area contributed by atoms with Crippen molar-refractivity contribution >= 4 is 17.9 Å². The lowest BCUT2D eigenvalue weighted by molar-refractivity contribution is -0.161. The summed E-state index contributed by atoms with van der Waals surface area (Å²) in [6.07, 6.45) is -1.29. The smallest absolute Gasteiger partial charge is 0.338 e. The molecule has 204 valence electrons. The van der Waals surface area contributed by atoms with Crippen LogP contribution in [0.25, 0.3) is 22.3 Å². The number of benzene rings is 3. The molecule has 7 heteroatoms. The quantitative estimate of drug-likeness (QED) is 0.177. The molecule has 1 aliphatic carbocycles. The highest BCUT2D eigenvalue weighted by Crippen LogP contribution is 2.40. The number of rotatable bonds is 8. The molecule has 0 amide bonds. The number of hydrogen-bond donors (Lipinski definition) is 0. The van der Waals surface area contributed by atoms with Crippen LogP contribution < -0.4 is 4.74 Å². The summed E-state index contributed by atoms with van der Waals surface area (Å²) in [6.45, 7) is 15.4. The topological polar surface area (TPSA) is 78.9 Å². The van der Waals surface area contributed by atoms with E-state index in [0.29, 0.717) is 34.4 Å². The lowest BCUT2D eigenvalue weighted by Gasteiger charge is -2.21. The monoisotopic (exact) mass is 540 g/mol. The molecule has 0 aromatic heterocycles. The molecule has 2 atom stereocenters. The maximum absolute atomic E-state index is 15.4. The van der Waals surface area contributed by atoms with Crippen molar-refractivity contribution in [3.63, 3.8) is 0 Å². The average Bonchev–Trinajstić information content (AvgIpc) is 3.24. The van der Waals surface area contributed by atoms with Gasteiger partial charge in [0.1, 0.15) is 17.7 Å². The summed E-state index contributed by atoms with van der Waals surface area (Å²) < 4.78 is 31.9. The molecule has 4 rings (SSSR count). The van der Waals surface area contributed by atoms with Crippen molar-refractivity contribution in [2.75, 3.05) is 0 Å². The number of hydrogen-bond acceptors (Lipinski definition) is 6. The first-order chi connectivity index (χ1) is 18.9. The first-order valence-corrected chi connectivity index (χ1v) is 12.6. The van der Waals surface area contributed by atoms with Gasteiger partial charge in [0.2, 0.25) is 0 Å². The van der Waals surface area contributed by atoms with Gasteiger partial charge in [-0.05, 0) is 67.3 Å². The summed E-state index contributed by atoms with van der Waals surface area (Å²) in [4.78, 5) is 36.3. The molecule has 0 heterocycles. The van der Waals surface area contributed by atoms with E-state index in [2.05, 4.69) is 19.7 Å². The molecule has 3 aromatic rings. The van der Waals surface area contributed by atoms with Gasteiger partial charge in [-0.3, -0.25) is 0 Å². The van der Waals surface area contributed by atoms with Crippen LogP contribution >= 0.6 is 0 Å². The van der Waals surface area contributed by atoms with Crippen LogP contribution in [0.1, 0.15) is 38.0 Å². The molecular formula is C33H29FO6. The van der Waals surface area contributed by atoms with Crippen LogP contribution in [0.3, 0.4) is 0 Å². The van der Waals surface area contributed by atoms with Crippen LogP contribution in [0.2, 0.25) is 0 Å². The molecule has 1 aliphatic rings. The lowest BCUT2D eigenvalue weighted by atomic mass is 9.97. The van der Waals surface area contributed by atoms with Crippen molar-refractivity contribution in [2.45, 2.75) is 39.4 Å². The number of ether oxygens (including phenoxy) is 3. The molecular weight excluding hydrogens is 511 g/mol. The Morgan fingerprint density at radius 1 is 0.725 bits per heavy atom. The van der Waals surface area contributed by atoms with Crippen LogP contribution in [-0.4, -0.2) is 24.0 Å². The van der Waals surface area contributed by atoms with Crippen molar-refractivity contribution in [1.29, 1.82) is 0 Å². The van der Waals surface area contributed by atoms with E-state index < -0.39 is 35.9 Å². The van der Waals surface area contributed by atoms with E-state index in [-0.39, 0.29) is 16.7 Å². The van der Waals surface area contributed by atoms with Crippen molar-refractivity contribution in [3.05, 3.63) is 114 Å². The molecule has 0 N–H and O–H groups in total. The van der Waals surface area contributed by atoms with Gasteiger partial charge >= 0.3 is 17.9 Å². The van der Waals surface area contributed by atoms with E-state index in [1.165, 1.54) is 19.9 Å². The second-order valence-electron chi connectivity index (χ2n) is 9.84. The van der Waals surface area contributed by atoms with Gasteiger partial charge in [0, 0.05) is 34.3 Å². The van der Waals surface area contributed by atoms with Gasteiger partial charge in [0.05, 0.1) is 0 Å². The minimum atomic E-state index is -0.873. The Morgan fingerprint density at radius 3 is 1.90 bits per heavy atom. The van der Waals surface area contributed by atoms with Gasteiger partial charge in [0.15, 0.2) is 6.10 Å². The molecule has 6 nitrogen and oxygen atoms in total. The Morgan fingerprint density at radius 2 is 1.30 bits per heavy atom. The SMILES string of the molecule is C=C(C)C(=O)Oc1ccc(-c2ccc(-c3ccc4c(c3)C(OC(=O)C(=C)C)C(OC(=O)C(=C)C)C4)c(F)c2)cc1. The maximum atomic E-state index is 15.4. The van der Waals surface area contributed by atoms with Crippen molar-refractivity contribution in [2.24, 2.45) is 0 Å². The summed E-state index contributed by atoms with van der Waals surface area (Å²) in [5.41, 5.74) is 4.49. The van der Waals surface area contributed by atoms with E-state index in [1.54, 1.807) is 55.5 Å². The predicted octanol–water partition coefficient (Wildman–Crippen LogP) is 6.85. The number of carbonyl (C=O) groups is 3. The summed E-state index contributed by atoms with van der Waals surface area (Å²) in [5.74, 6) is -1.81. The fraction of sp³-hybridized carbons (Fsp3) is 0.182. The molecule has 0 bridgehead atoms. The van der Waals surface area contributed by atoms with Gasteiger partial charge in [-0.2, -0.15) is 0 Å². The van der Waals surface area contributed by atoms with Crippen LogP contribution in [0, 0.1) is 5.82 Å². The Labute approximate surface area is 232 Å². The van der Waals surface area contributed by atoms with E-state index in [0.717, 1.165) is 11.1 Å². The number of carbonyl (C=O) groups excluding carboxylic acids is 3. The standard InChI is InChI=1S/C33H29FO6/c1-18(2)31(35)38-25-12-9-21(10-13-25)22-11-14-26(28(34)16-22)23-7-8-24-17-29(39-32(36)19(3)4)30(27(24)15-23)40-33(37)20(5)6/h7-16,29-30H,1,3,5,17H2,2,4,6H3. The highest BCUT2D eigenvalue weighted by Gasteiger charge is 2.38. The first-order valence-electron chi connectivity index (χ1n) is 12.6. The van der Waals surface area contributed by atoms with Crippen LogP contribution in [0.4, 0.5) is 4.39 Å². The third kappa shape index (κ3) is 6.10. The molecule has 0 saturated heterocycles. The van der Waals surface area contributed by atoms with Gasteiger partial charge in [-0.15, -0.1) is 0 Å². The van der Waals surface area contributed by atoms with E-state index in [9.17, 15) is 14.4 Å². The molecule has 3 aromatic carbocycles. The molecule has 2 unspecified atom stereocenters. The van der Waals surface area contributed by atoms with Gasteiger partial charge < -0.3 is 14.2 Å². The zero-order valence-electron chi connectivity index (χ0n) is 22.6. The Kier molecular flexibility index (Phi) is 8.14. The predicted molar refractivity (Wildman–Crippen MR) is 150 cm³/mol. The van der Waals surface area contributed by atoms with E-state index in [4.69, 9.17) is 14.2 Å². The third-order valence-electron chi connectivity index (χ3n) is 6.43. The maximum Gasteiger partial charge on any atom is 0.338 e. The highest BCUT2D eigenvalue weighted by molar-refractivity contribution is 5.89. The largest absolute Gasteiger partial charge is 0.454 e. The minimum Gasteiger partial charge on any atom is -0.454 e. The van der Waals surface area contributed by atoms with Crippen molar-refractivity contribution < 1.29 is 33.0 Å². The normalized spacial score (nSPS) is 15.5. The highest BCUT2D eigenvalue weighted by atomic mass is 19.1. The van der Waals surface area contributed by atoms with Crippen LogP contribution in [0.5, 0.6) is 5.75 Å². The number of esters is 3. The summed E-state index contributed by atoms with van der Waals surface area (Å²) in [5, 5.41) is 0. The number of halogens is 1. The average molecular weight is 541 g/mol. The summed E-state index contributed by atoms with van der Waals surface area (Å²) in [6, 6.07) is 17.0. The van der Waals surface area contributed by atoms with Crippen molar-refractivity contribution in [1.82, 2.24) is 0 Å². The Bertz CT molecular complexity index is 1550. The molecule has 0 saturated carbocycles. The Balaban J connectivity index is 1.61. The fourth-order valence-electron chi connectivity index (χ4n) is 4.27. The summed E-state index contributed by atoms with van der Waals surface area (Å²) in [7, 11) is 0. The second kappa shape index (κ2) is 11.5. The van der Waals surface area contributed by atoms with Crippen molar-refractivity contribution in [3.8, 4) is 28.0 Å². The van der Waals surface area contributed by atoms with Crippen LogP contribution in [0.15, 0.2) is 97.1 Å².